The maximum absolute atomic E-state index is 11.6. The first-order valence-corrected chi connectivity index (χ1v) is 6.84. The normalized spacial score (nSPS) is 10.0. The summed E-state index contributed by atoms with van der Waals surface area (Å²) in [6, 6.07) is 12.4. The van der Waals surface area contributed by atoms with Crippen molar-refractivity contribution < 1.29 is 4.79 Å². The van der Waals surface area contributed by atoms with Crippen LogP contribution < -0.4 is 5.73 Å². The van der Waals surface area contributed by atoms with Crippen molar-refractivity contribution in [1.29, 1.82) is 0 Å². The van der Waals surface area contributed by atoms with E-state index in [0.29, 0.717) is 17.1 Å². The quantitative estimate of drug-likeness (QED) is 0.752. The first kappa shape index (κ1) is 14.4. The molecule has 0 unspecified atom stereocenters. The van der Waals surface area contributed by atoms with Crippen molar-refractivity contribution in [2.75, 3.05) is 0 Å². The summed E-state index contributed by atoms with van der Waals surface area (Å²) < 4.78 is 0. The number of rotatable bonds is 3. The maximum atomic E-state index is 11.6. The number of carbonyl (C=O) groups is 1. The lowest BCUT2D eigenvalue weighted by Gasteiger charge is -2.07. The molecule has 5 nitrogen and oxygen atoms in total. The molecule has 5 heteroatoms. The van der Waals surface area contributed by atoms with E-state index >= 15 is 0 Å². The number of pyridine rings is 1. The minimum atomic E-state index is -0.614. The minimum Gasteiger partial charge on any atom is -0.364 e. The summed E-state index contributed by atoms with van der Waals surface area (Å²) in [6.07, 6.45) is 8.69. The summed E-state index contributed by atoms with van der Waals surface area (Å²) in [4.78, 5) is 24.3. The van der Waals surface area contributed by atoms with Crippen molar-refractivity contribution in [3.8, 4) is 35.0 Å². The number of benzene rings is 1. The van der Waals surface area contributed by atoms with Gasteiger partial charge in [0.1, 0.15) is 5.69 Å². The Morgan fingerprint density at radius 3 is 2.52 bits per heavy atom. The van der Waals surface area contributed by atoms with Crippen LogP contribution >= 0.6 is 0 Å². The van der Waals surface area contributed by atoms with E-state index in [-0.39, 0.29) is 5.69 Å². The summed E-state index contributed by atoms with van der Waals surface area (Å²) in [5, 5.41) is 0. The topological polar surface area (TPSA) is 81.8 Å². The zero-order valence-corrected chi connectivity index (χ0v) is 12.1. The number of hydrogen-bond donors (Lipinski definition) is 1. The van der Waals surface area contributed by atoms with Crippen LogP contribution in [0.25, 0.3) is 22.6 Å². The molecular formula is C18H12N4O. The van der Waals surface area contributed by atoms with E-state index in [0.717, 1.165) is 11.1 Å². The van der Waals surface area contributed by atoms with Crippen LogP contribution in [0.4, 0.5) is 0 Å². The van der Waals surface area contributed by atoms with Crippen molar-refractivity contribution in [3.63, 3.8) is 0 Å². The lowest BCUT2D eigenvalue weighted by Crippen LogP contribution is -2.13. The van der Waals surface area contributed by atoms with Crippen LogP contribution in [0.5, 0.6) is 0 Å². The Morgan fingerprint density at radius 1 is 1.04 bits per heavy atom. The fraction of sp³-hybridized carbons (Fsp3) is 0. The molecule has 2 heterocycles. The predicted molar refractivity (Wildman–Crippen MR) is 87.2 cm³/mol. The van der Waals surface area contributed by atoms with Gasteiger partial charge in [-0.25, -0.2) is 15.0 Å². The molecule has 0 radical (unpaired) electrons. The summed E-state index contributed by atoms with van der Waals surface area (Å²) in [5.41, 5.74) is 8.31. The van der Waals surface area contributed by atoms with Crippen molar-refractivity contribution in [1.82, 2.24) is 15.0 Å². The van der Waals surface area contributed by atoms with Crippen molar-refractivity contribution in [2.45, 2.75) is 0 Å². The van der Waals surface area contributed by atoms with Gasteiger partial charge in [0.15, 0.2) is 5.82 Å². The van der Waals surface area contributed by atoms with Gasteiger partial charge in [0.25, 0.3) is 5.91 Å². The average molecular weight is 300 g/mol. The van der Waals surface area contributed by atoms with E-state index in [1.165, 1.54) is 0 Å². The second kappa shape index (κ2) is 6.08. The first-order valence-electron chi connectivity index (χ1n) is 6.84. The highest BCUT2D eigenvalue weighted by Crippen LogP contribution is 2.24. The van der Waals surface area contributed by atoms with Crippen LogP contribution in [0.3, 0.4) is 0 Å². The standard InChI is InChI=1S/C18H12N4O/c1-2-12-5-3-6-13(9-12)15-10-14(11-16(22-15)17(19)23)18-20-7-4-8-21-18/h1,3-11H,(H2,19,23). The Morgan fingerprint density at radius 2 is 1.83 bits per heavy atom. The number of amides is 1. The monoisotopic (exact) mass is 300 g/mol. The molecule has 23 heavy (non-hydrogen) atoms. The highest BCUT2D eigenvalue weighted by atomic mass is 16.1. The molecule has 2 N–H and O–H groups in total. The van der Waals surface area contributed by atoms with Crippen molar-refractivity contribution >= 4 is 5.91 Å². The molecule has 0 fully saturated rings. The van der Waals surface area contributed by atoms with Gasteiger partial charge in [0.05, 0.1) is 5.69 Å². The molecule has 0 atom stereocenters. The van der Waals surface area contributed by atoms with Crippen LogP contribution in [-0.4, -0.2) is 20.9 Å². The van der Waals surface area contributed by atoms with E-state index in [2.05, 4.69) is 20.9 Å². The minimum absolute atomic E-state index is 0.149. The second-order valence-electron chi connectivity index (χ2n) is 4.79. The number of nitrogens with zero attached hydrogens (tertiary/aromatic N) is 3. The van der Waals surface area contributed by atoms with E-state index in [9.17, 15) is 4.79 Å². The molecule has 3 rings (SSSR count). The number of terminal acetylenes is 1. The Labute approximate surface area is 133 Å². The fourth-order valence-electron chi connectivity index (χ4n) is 2.15. The predicted octanol–water partition coefficient (Wildman–Crippen LogP) is 2.29. The zero-order chi connectivity index (χ0) is 16.2. The van der Waals surface area contributed by atoms with E-state index in [4.69, 9.17) is 12.2 Å². The second-order valence-corrected chi connectivity index (χ2v) is 4.79. The Bertz CT molecular complexity index is 914. The van der Waals surface area contributed by atoms with Crippen LogP contribution in [0.2, 0.25) is 0 Å². The third-order valence-corrected chi connectivity index (χ3v) is 3.23. The van der Waals surface area contributed by atoms with E-state index in [1.54, 1.807) is 30.6 Å². The molecule has 0 saturated heterocycles. The number of aromatic nitrogens is 3. The third kappa shape index (κ3) is 3.06. The summed E-state index contributed by atoms with van der Waals surface area (Å²) in [7, 11) is 0. The molecule has 1 aromatic carbocycles. The van der Waals surface area contributed by atoms with E-state index in [1.807, 2.05) is 24.3 Å². The van der Waals surface area contributed by atoms with Gasteiger partial charge < -0.3 is 5.73 Å². The summed E-state index contributed by atoms with van der Waals surface area (Å²) in [5.74, 6) is 2.46. The largest absolute Gasteiger partial charge is 0.364 e. The molecular weight excluding hydrogens is 288 g/mol. The van der Waals surface area contributed by atoms with Gasteiger partial charge in [-0.05, 0) is 30.3 Å². The molecule has 0 spiro atoms. The highest BCUT2D eigenvalue weighted by Gasteiger charge is 2.11. The maximum Gasteiger partial charge on any atom is 0.267 e. The highest BCUT2D eigenvalue weighted by molar-refractivity contribution is 5.92. The first-order chi connectivity index (χ1) is 11.2. The molecule has 0 aliphatic carbocycles. The molecule has 3 aromatic rings. The number of primary amides is 1. The molecule has 110 valence electrons. The van der Waals surface area contributed by atoms with E-state index < -0.39 is 5.91 Å². The lowest BCUT2D eigenvalue weighted by atomic mass is 10.0. The van der Waals surface area contributed by atoms with Gasteiger partial charge >= 0.3 is 0 Å². The Kier molecular flexibility index (Phi) is 3.81. The lowest BCUT2D eigenvalue weighted by molar-refractivity contribution is 0.0995. The number of nitrogens with two attached hydrogens (primary N) is 1. The van der Waals surface area contributed by atoms with Crippen molar-refractivity contribution in [2.24, 2.45) is 5.73 Å². The van der Waals surface area contributed by atoms with Crippen LogP contribution in [-0.2, 0) is 0 Å². The van der Waals surface area contributed by atoms with Crippen LogP contribution in [0.15, 0.2) is 54.9 Å². The van der Waals surface area contributed by atoms with Gasteiger partial charge in [-0.1, -0.05) is 18.1 Å². The van der Waals surface area contributed by atoms with Gasteiger partial charge in [0.2, 0.25) is 0 Å². The van der Waals surface area contributed by atoms with Crippen LogP contribution in [0, 0.1) is 12.3 Å². The molecule has 0 aliphatic heterocycles. The van der Waals surface area contributed by atoms with Gasteiger partial charge in [-0.2, -0.15) is 0 Å². The van der Waals surface area contributed by atoms with Crippen molar-refractivity contribution in [3.05, 3.63) is 66.1 Å². The molecule has 2 aromatic heterocycles. The SMILES string of the molecule is C#Cc1cccc(-c2cc(-c3ncccn3)cc(C(N)=O)n2)c1. The Hall–Kier alpha value is -3.52. The smallest absolute Gasteiger partial charge is 0.267 e. The molecule has 0 aliphatic rings. The molecule has 1 amide bonds. The summed E-state index contributed by atoms with van der Waals surface area (Å²) in [6.45, 7) is 0. The Balaban J connectivity index is 2.19. The summed E-state index contributed by atoms with van der Waals surface area (Å²) >= 11 is 0. The van der Waals surface area contributed by atoms with Gasteiger partial charge in [0, 0.05) is 29.1 Å². The number of hydrogen-bond acceptors (Lipinski definition) is 4. The molecule has 0 saturated carbocycles. The number of carbonyl (C=O) groups excluding carboxylic acids is 1. The van der Waals surface area contributed by atoms with Gasteiger partial charge in [-0.3, -0.25) is 4.79 Å². The zero-order valence-electron chi connectivity index (χ0n) is 12.1. The third-order valence-electron chi connectivity index (χ3n) is 3.23. The average Bonchev–Trinajstić information content (AvgIpc) is 2.62. The molecule has 0 bridgehead atoms. The van der Waals surface area contributed by atoms with Crippen LogP contribution in [0.1, 0.15) is 16.1 Å². The fourth-order valence-corrected chi connectivity index (χ4v) is 2.15. The van der Waals surface area contributed by atoms with Gasteiger partial charge in [-0.15, -0.1) is 6.42 Å².